The van der Waals surface area contributed by atoms with Gasteiger partial charge in [-0.2, -0.15) is 0 Å². The third-order valence-electron chi connectivity index (χ3n) is 14.0. The quantitative estimate of drug-likeness (QED) is 0.250. The summed E-state index contributed by atoms with van der Waals surface area (Å²) in [6, 6.07) is 3.70. The number of pyridine rings is 2. The fraction of sp³-hybridized carbons (Fsp3) is 0.633. The lowest BCUT2D eigenvalue weighted by Crippen LogP contribution is -2.89. The minimum absolute atomic E-state index is 0.0707. The van der Waals surface area contributed by atoms with Gasteiger partial charge in [-0.05, 0) is 37.5 Å². The Kier molecular flexibility index (Phi) is 14.8. The number of rotatable bonds is 11. The Morgan fingerprint density at radius 3 is 1.96 bits per heavy atom. The van der Waals surface area contributed by atoms with Crippen molar-refractivity contribution in [1.29, 1.82) is 0 Å². The number of aryl methyl sites for hydroxylation is 1. The Bertz CT molecular complexity index is 2500. The van der Waals surface area contributed by atoms with Crippen LogP contribution in [0.1, 0.15) is 115 Å². The number of fused-ring (bicyclic) bond motifs is 5. The van der Waals surface area contributed by atoms with Gasteiger partial charge in [-0.25, -0.2) is 9.59 Å². The predicted molar refractivity (Wildman–Crippen MR) is 238 cm³/mol. The van der Waals surface area contributed by atoms with E-state index in [4.69, 9.17) is 42.6 Å². The van der Waals surface area contributed by atoms with Crippen molar-refractivity contribution in [3.8, 4) is 0 Å². The van der Waals surface area contributed by atoms with E-state index in [0.717, 1.165) is 43.7 Å². The van der Waals surface area contributed by atoms with E-state index in [-0.39, 0.29) is 16.7 Å². The van der Waals surface area contributed by atoms with Gasteiger partial charge in [0, 0.05) is 45.6 Å². The van der Waals surface area contributed by atoms with Gasteiger partial charge in [-0.3, -0.25) is 38.5 Å². The summed E-state index contributed by atoms with van der Waals surface area (Å²) in [5.41, 5.74) is -11.3. The van der Waals surface area contributed by atoms with Crippen LogP contribution in [0.5, 0.6) is 0 Å². The number of cyclic esters (lactones) is 1. The first-order valence-electron chi connectivity index (χ1n) is 23.1. The molecule has 21 nitrogen and oxygen atoms in total. The average molecular weight is 983 g/mol. The van der Waals surface area contributed by atoms with Crippen LogP contribution >= 0.6 is 0 Å². The first-order chi connectivity index (χ1) is 32.6. The molecule has 382 valence electrons. The molecule has 3 fully saturated rings. The van der Waals surface area contributed by atoms with Crippen molar-refractivity contribution in [3.05, 3.63) is 63.8 Å². The molecule has 21 heteroatoms. The number of hydrogen-bond donors (Lipinski definition) is 1. The number of carbonyl (C=O) groups is 8. The Labute approximate surface area is 404 Å². The first kappa shape index (κ1) is 53.1. The Morgan fingerprint density at radius 1 is 0.786 bits per heavy atom. The molecular formula is C49H62N2O19. The van der Waals surface area contributed by atoms with Crippen molar-refractivity contribution in [3.63, 3.8) is 0 Å². The lowest BCUT2D eigenvalue weighted by molar-refractivity contribution is -0.386. The molecule has 13 atom stereocenters. The highest BCUT2D eigenvalue weighted by Gasteiger charge is 2.92. The minimum atomic E-state index is -2.96. The molecular weight excluding hydrogens is 921 g/mol. The molecule has 6 rings (SSSR count). The van der Waals surface area contributed by atoms with E-state index in [9.17, 15) is 48.3 Å². The van der Waals surface area contributed by atoms with Crippen LogP contribution in [0.25, 0.3) is 0 Å². The average Bonchev–Trinajstić information content (AvgIpc) is 3.50. The van der Waals surface area contributed by atoms with Crippen LogP contribution in [0.4, 0.5) is 0 Å². The number of aliphatic hydroxyl groups is 1. The second kappa shape index (κ2) is 19.5. The molecule has 2 saturated carbocycles. The number of nitrogens with zero attached hydrogens (tertiary/aromatic N) is 2. The van der Waals surface area contributed by atoms with Gasteiger partial charge in [0.05, 0.1) is 40.7 Å². The fourth-order valence-corrected chi connectivity index (χ4v) is 10.3. The van der Waals surface area contributed by atoms with Crippen molar-refractivity contribution in [1.82, 2.24) is 9.55 Å². The second-order valence-corrected chi connectivity index (χ2v) is 20.0. The summed E-state index contributed by atoms with van der Waals surface area (Å²) in [6.45, 7) is 14.5. The number of aromatic nitrogens is 2. The van der Waals surface area contributed by atoms with E-state index in [0.29, 0.717) is 0 Å². The summed E-state index contributed by atoms with van der Waals surface area (Å²) in [6.07, 6.45) is -8.98. The summed E-state index contributed by atoms with van der Waals surface area (Å²) in [4.78, 5) is 130. The molecule has 2 aromatic rings. The third kappa shape index (κ3) is 8.94. The molecule has 70 heavy (non-hydrogen) atoms. The molecule has 2 aliphatic carbocycles. The normalized spacial score (nSPS) is 33.5. The minimum Gasteiger partial charge on any atom is -0.464 e. The summed E-state index contributed by atoms with van der Waals surface area (Å²) in [5, 5.41) is 14.0. The Morgan fingerprint density at radius 2 is 1.37 bits per heavy atom. The maximum atomic E-state index is 14.9. The van der Waals surface area contributed by atoms with Crippen molar-refractivity contribution >= 4 is 47.8 Å². The van der Waals surface area contributed by atoms with Crippen molar-refractivity contribution in [2.75, 3.05) is 13.2 Å². The Balaban J connectivity index is 1.84. The third-order valence-corrected chi connectivity index (χ3v) is 14.0. The maximum absolute atomic E-state index is 14.9. The predicted octanol–water partition coefficient (Wildman–Crippen LogP) is 2.93. The zero-order valence-corrected chi connectivity index (χ0v) is 41.5. The van der Waals surface area contributed by atoms with Gasteiger partial charge in [0.2, 0.25) is 5.56 Å². The van der Waals surface area contributed by atoms with E-state index in [1.807, 2.05) is 0 Å². The molecule has 0 aromatic carbocycles. The lowest BCUT2D eigenvalue weighted by atomic mass is 9.45. The second-order valence-electron chi connectivity index (χ2n) is 20.0. The number of carbonyl (C=O) groups excluding carboxylic acids is 8. The van der Waals surface area contributed by atoms with E-state index >= 15 is 0 Å². The van der Waals surface area contributed by atoms with Crippen LogP contribution < -0.4 is 5.56 Å². The topological polar surface area (TPSA) is 275 Å². The highest BCUT2D eigenvalue weighted by atomic mass is 16.7. The zero-order chi connectivity index (χ0) is 52.2. The van der Waals surface area contributed by atoms with Crippen LogP contribution in [-0.4, -0.2) is 129 Å². The van der Waals surface area contributed by atoms with Gasteiger partial charge >= 0.3 is 47.8 Å². The van der Waals surface area contributed by atoms with Crippen LogP contribution in [0, 0.1) is 35.0 Å². The monoisotopic (exact) mass is 982 g/mol. The summed E-state index contributed by atoms with van der Waals surface area (Å²) >= 11 is 0. The molecule has 0 radical (unpaired) electrons. The summed E-state index contributed by atoms with van der Waals surface area (Å²) < 4.78 is 58.4. The first-order valence-corrected chi connectivity index (χ1v) is 23.1. The van der Waals surface area contributed by atoms with Crippen LogP contribution in [-0.2, 0) is 78.4 Å². The van der Waals surface area contributed by atoms with E-state index in [2.05, 4.69) is 4.98 Å². The molecule has 1 spiro atoms. The highest BCUT2D eigenvalue weighted by molar-refractivity contribution is 5.91. The van der Waals surface area contributed by atoms with Gasteiger partial charge in [0.15, 0.2) is 30.0 Å². The van der Waals surface area contributed by atoms with Crippen molar-refractivity contribution in [2.45, 2.75) is 142 Å². The molecule has 4 heterocycles. The largest absolute Gasteiger partial charge is 0.464 e. The lowest BCUT2D eigenvalue weighted by Gasteiger charge is -2.67. The van der Waals surface area contributed by atoms with Crippen molar-refractivity contribution in [2.24, 2.45) is 42.1 Å². The van der Waals surface area contributed by atoms with Crippen molar-refractivity contribution < 1.29 is 86.1 Å². The molecule has 2 aliphatic heterocycles. The molecule has 1 N–H and O–H groups in total. The molecule has 13 unspecified atom stereocenters. The van der Waals surface area contributed by atoms with Gasteiger partial charge in [-0.1, -0.05) is 55.4 Å². The SMILES string of the molecule is CC(=O)OC1C(OC(=O)c2ccc(=O)n(C)c2)C2OC(=O)C(C)C(C)c3ccncc3C(=O)OCC3(C)OC4(C(OC(C)=O)C3C(OC(=O)C(C)C)C(OC(=O)C(C)C)C14COC(=O)C(C)C)C2(C)O. The number of esters is 8. The van der Waals surface area contributed by atoms with Gasteiger partial charge in [-0.15, -0.1) is 0 Å². The van der Waals surface area contributed by atoms with Gasteiger partial charge in [0.25, 0.3) is 0 Å². The summed E-state index contributed by atoms with van der Waals surface area (Å²) in [5.74, 6) is -14.7. The van der Waals surface area contributed by atoms with E-state index in [1.165, 1.54) is 80.9 Å². The van der Waals surface area contributed by atoms with E-state index < -0.39 is 161 Å². The molecule has 4 aliphatic rings. The van der Waals surface area contributed by atoms with Gasteiger partial charge in [0.1, 0.15) is 42.0 Å². The van der Waals surface area contributed by atoms with Gasteiger partial charge < -0.3 is 52.3 Å². The van der Waals surface area contributed by atoms with Crippen LogP contribution in [0.3, 0.4) is 0 Å². The van der Waals surface area contributed by atoms with Crippen LogP contribution in [0.15, 0.2) is 41.6 Å². The van der Waals surface area contributed by atoms with Crippen LogP contribution in [0.2, 0.25) is 0 Å². The number of ether oxygens (including phenoxy) is 9. The van der Waals surface area contributed by atoms with E-state index in [1.54, 1.807) is 6.92 Å². The molecule has 0 amide bonds. The zero-order valence-electron chi connectivity index (χ0n) is 41.5. The fourth-order valence-electron chi connectivity index (χ4n) is 10.3. The summed E-state index contributed by atoms with van der Waals surface area (Å²) in [7, 11) is 1.36. The highest BCUT2D eigenvalue weighted by Crippen LogP contribution is 2.70. The molecule has 1 saturated heterocycles. The standard InChI is InChI=1S/C49H62N2O19/c1-22(2)40(55)63-21-48-38(69-42(57)24(5)6)34(66-41(56)23(3)4)33-36(64-27(9)52)49(48)47(12,61)37(35(39(48)65-28(10)53)67-44(59)29-14-15-32(54)51(13)19-29)68-43(58)26(8)25(7)30-16-17-50-18-31(30)45(60)62-20-46(33,11)70-49/h14-19,22-26,33-39,61H,20-21H2,1-13H3. The Hall–Kier alpha value is -6.22. The maximum Gasteiger partial charge on any atom is 0.340 e. The molecule has 4 bridgehead atoms. The molecule has 2 aromatic heterocycles. The smallest absolute Gasteiger partial charge is 0.340 e. The number of hydrogen-bond acceptors (Lipinski definition) is 20.